The van der Waals surface area contributed by atoms with E-state index in [0.29, 0.717) is 6.04 Å². The Morgan fingerprint density at radius 2 is 1.91 bits per heavy atom. The zero-order chi connectivity index (χ0) is 8.27. The SMILES string of the molecule is COC(=O)C1CCC(N)CC1. The highest BCUT2D eigenvalue weighted by Gasteiger charge is 2.24. The fourth-order valence-electron chi connectivity index (χ4n) is 1.52. The molecule has 64 valence electrons. The van der Waals surface area contributed by atoms with Gasteiger partial charge in [0.25, 0.3) is 0 Å². The van der Waals surface area contributed by atoms with Crippen molar-refractivity contribution >= 4 is 5.97 Å². The average Bonchev–Trinajstić information content (AvgIpc) is 2.05. The summed E-state index contributed by atoms with van der Waals surface area (Å²) in [6, 6.07) is 0.302. The van der Waals surface area contributed by atoms with Crippen molar-refractivity contribution in [3.63, 3.8) is 0 Å². The lowest BCUT2D eigenvalue weighted by Crippen LogP contribution is -2.30. The molecule has 0 spiro atoms. The predicted octanol–water partition coefficient (Wildman–Crippen LogP) is 0.677. The molecule has 1 fully saturated rings. The molecule has 11 heavy (non-hydrogen) atoms. The third kappa shape index (κ3) is 2.19. The Kier molecular flexibility index (Phi) is 2.88. The van der Waals surface area contributed by atoms with Gasteiger partial charge in [-0.1, -0.05) is 0 Å². The molecule has 0 aromatic heterocycles. The van der Waals surface area contributed by atoms with E-state index in [2.05, 4.69) is 4.74 Å². The topological polar surface area (TPSA) is 52.3 Å². The van der Waals surface area contributed by atoms with Gasteiger partial charge in [-0.3, -0.25) is 4.79 Å². The van der Waals surface area contributed by atoms with Crippen molar-refractivity contribution in [2.45, 2.75) is 31.7 Å². The average molecular weight is 157 g/mol. The predicted molar refractivity (Wildman–Crippen MR) is 41.9 cm³/mol. The minimum absolute atomic E-state index is 0.0723. The first-order chi connectivity index (χ1) is 5.24. The summed E-state index contributed by atoms with van der Waals surface area (Å²) in [6.07, 6.45) is 3.71. The van der Waals surface area contributed by atoms with Crippen molar-refractivity contribution in [3.05, 3.63) is 0 Å². The summed E-state index contributed by atoms with van der Waals surface area (Å²) < 4.78 is 4.65. The summed E-state index contributed by atoms with van der Waals surface area (Å²) in [7, 11) is 1.44. The first kappa shape index (κ1) is 8.53. The Hall–Kier alpha value is -0.570. The lowest BCUT2D eigenvalue weighted by molar-refractivity contribution is -0.146. The number of rotatable bonds is 1. The van der Waals surface area contributed by atoms with Crippen LogP contribution in [0.4, 0.5) is 0 Å². The van der Waals surface area contributed by atoms with Gasteiger partial charge in [0.1, 0.15) is 0 Å². The normalized spacial score (nSPS) is 31.5. The Morgan fingerprint density at radius 1 is 1.36 bits per heavy atom. The number of nitrogens with two attached hydrogens (primary N) is 1. The molecule has 0 heterocycles. The summed E-state index contributed by atoms with van der Waals surface area (Å²) in [5.41, 5.74) is 5.69. The lowest BCUT2D eigenvalue weighted by Gasteiger charge is -2.23. The van der Waals surface area contributed by atoms with Gasteiger partial charge in [0, 0.05) is 6.04 Å². The van der Waals surface area contributed by atoms with Gasteiger partial charge in [0.2, 0.25) is 0 Å². The largest absolute Gasteiger partial charge is 0.469 e. The van der Waals surface area contributed by atoms with Crippen LogP contribution in [0.3, 0.4) is 0 Å². The van der Waals surface area contributed by atoms with Crippen molar-refractivity contribution in [3.8, 4) is 0 Å². The van der Waals surface area contributed by atoms with Crippen LogP contribution in [0.2, 0.25) is 0 Å². The molecule has 3 nitrogen and oxygen atoms in total. The molecule has 1 saturated carbocycles. The maximum absolute atomic E-state index is 11.0. The molecule has 1 aliphatic carbocycles. The van der Waals surface area contributed by atoms with Gasteiger partial charge in [-0.15, -0.1) is 0 Å². The van der Waals surface area contributed by atoms with Gasteiger partial charge in [-0.05, 0) is 25.7 Å². The second-order valence-corrected chi connectivity index (χ2v) is 3.13. The number of ether oxygens (including phenoxy) is 1. The van der Waals surface area contributed by atoms with Gasteiger partial charge >= 0.3 is 5.97 Å². The summed E-state index contributed by atoms with van der Waals surface area (Å²) in [5.74, 6) is 0.0386. The van der Waals surface area contributed by atoms with Gasteiger partial charge in [0.05, 0.1) is 13.0 Å². The molecule has 0 radical (unpaired) electrons. The number of carbonyl (C=O) groups excluding carboxylic acids is 1. The van der Waals surface area contributed by atoms with Crippen molar-refractivity contribution in [2.75, 3.05) is 7.11 Å². The number of hydrogen-bond acceptors (Lipinski definition) is 3. The summed E-state index contributed by atoms with van der Waals surface area (Å²) >= 11 is 0. The van der Waals surface area contributed by atoms with E-state index in [1.165, 1.54) is 7.11 Å². The van der Waals surface area contributed by atoms with Crippen LogP contribution in [0.1, 0.15) is 25.7 Å². The highest BCUT2D eigenvalue weighted by atomic mass is 16.5. The van der Waals surface area contributed by atoms with Crippen LogP contribution in [0.25, 0.3) is 0 Å². The summed E-state index contributed by atoms with van der Waals surface area (Å²) in [6.45, 7) is 0. The van der Waals surface area contributed by atoms with E-state index in [9.17, 15) is 4.79 Å². The highest BCUT2D eigenvalue weighted by Crippen LogP contribution is 2.23. The molecule has 0 saturated heterocycles. The Balaban J connectivity index is 2.33. The van der Waals surface area contributed by atoms with E-state index < -0.39 is 0 Å². The van der Waals surface area contributed by atoms with Crippen molar-refractivity contribution < 1.29 is 9.53 Å². The zero-order valence-corrected chi connectivity index (χ0v) is 6.88. The fraction of sp³-hybridized carbons (Fsp3) is 0.875. The van der Waals surface area contributed by atoms with E-state index in [1.54, 1.807) is 0 Å². The molecule has 1 aliphatic rings. The molecular weight excluding hydrogens is 142 g/mol. The Labute approximate surface area is 66.9 Å². The van der Waals surface area contributed by atoms with Crippen LogP contribution in [-0.4, -0.2) is 19.1 Å². The Bertz CT molecular complexity index is 139. The molecule has 0 aromatic rings. The number of carbonyl (C=O) groups is 1. The highest BCUT2D eigenvalue weighted by molar-refractivity contribution is 5.72. The van der Waals surface area contributed by atoms with Crippen molar-refractivity contribution in [1.82, 2.24) is 0 Å². The van der Waals surface area contributed by atoms with Crippen LogP contribution in [-0.2, 0) is 9.53 Å². The zero-order valence-electron chi connectivity index (χ0n) is 6.88. The third-order valence-corrected chi connectivity index (χ3v) is 2.31. The molecule has 0 amide bonds. The van der Waals surface area contributed by atoms with Gasteiger partial charge in [-0.25, -0.2) is 0 Å². The van der Waals surface area contributed by atoms with E-state index in [0.717, 1.165) is 25.7 Å². The van der Waals surface area contributed by atoms with Gasteiger partial charge < -0.3 is 10.5 Å². The van der Waals surface area contributed by atoms with Crippen LogP contribution in [0.15, 0.2) is 0 Å². The molecule has 0 aliphatic heterocycles. The Morgan fingerprint density at radius 3 is 2.36 bits per heavy atom. The van der Waals surface area contributed by atoms with E-state index in [-0.39, 0.29) is 11.9 Å². The van der Waals surface area contributed by atoms with Crippen LogP contribution < -0.4 is 5.73 Å². The molecule has 0 unspecified atom stereocenters. The first-order valence-corrected chi connectivity index (χ1v) is 4.07. The minimum atomic E-state index is -0.0723. The van der Waals surface area contributed by atoms with E-state index in [4.69, 9.17) is 5.73 Å². The molecule has 1 rings (SSSR count). The first-order valence-electron chi connectivity index (χ1n) is 4.07. The maximum atomic E-state index is 11.0. The van der Waals surface area contributed by atoms with Gasteiger partial charge in [-0.2, -0.15) is 0 Å². The van der Waals surface area contributed by atoms with E-state index in [1.807, 2.05) is 0 Å². The fourth-order valence-corrected chi connectivity index (χ4v) is 1.52. The van der Waals surface area contributed by atoms with Gasteiger partial charge in [0.15, 0.2) is 0 Å². The van der Waals surface area contributed by atoms with Crippen molar-refractivity contribution in [1.29, 1.82) is 0 Å². The number of hydrogen-bond donors (Lipinski definition) is 1. The summed E-state index contributed by atoms with van der Waals surface area (Å²) in [5, 5.41) is 0. The molecule has 2 N–H and O–H groups in total. The van der Waals surface area contributed by atoms with Crippen LogP contribution in [0.5, 0.6) is 0 Å². The minimum Gasteiger partial charge on any atom is -0.469 e. The quantitative estimate of drug-likeness (QED) is 0.569. The smallest absolute Gasteiger partial charge is 0.308 e. The monoisotopic (exact) mass is 157 g/mol. The molecular formula is C8H15NO2. The second-order valence-electron chi connectivity index (χ2n) is 3.13. The second kappa shape index (κ2) is 3.72. The third-order valence-electron chi connectivity index (χ3n) is 2.31. The standard InChI is InChI=1S/C8H15NO2/c1-11-8(10)6-2-4-7(9)5-3-6/h6-7H,2-5,9H2,1H3. The van der Waals surface area contributed by atoms with Crippen LogP contribution >= 0.6 is 0 Å². The maximum Gasteiger partial charge on any atom is 0.308 e. The molecule has 3 heteroatoms. The summed E-state index contributed by atoms with van der Waals surface area (Å²) in [4.78, 5) is 11.0. The molecule has 0 bridgehead atoms. The van der Waals surface area contributed by atoms with E-state index >= 15 is 0 Å². The van der Waals surface area contributed by atoms with Crippen molar-refractivity contribution in [2.24, 2.45) is 11.7 Å². The van der Waals surface area contributed by atoms with Crippen LogP contribution in [0, 0.1) is 5.92 Å². The lowest BCUT2D eigenvalue weighted by atomic mass is 9.87. The molecule has 0 atom stereocenters. The number of esters is 1. The molecule has 0 aromatic carbocycles. The number of methoxy groups -OCH3 is 1.